The van der Waals surface area contributed by atoms with Gasteiger partial charge in [-0.3, -0.25) is 0 Å². The largest absolute Gasteiger partial charge is 0.623 e. The molecule has 5 aromatic carbocycles. The molecule has 0 spiro atoms. The molecule has 3 aliphatic rings. The molecule has 0 atom stereocenters. The molecule has 8 rings (SSSR count). The molecule has 1 heterocycles. The molecule has 0 aromatic heterocycles. The predicted molar refractivity (Wildman–Crippen MR) is 230 cm³/mol. The van der Waals surface area contributed by atoms with Crippen molar-refractivity contribution < 1.29 is 21.8 Å². The van der Waals surface area contributed by atoms with Crippen LogP contribution in [-0.2, 0) is 17.1 Å². The van der Waals surface area contributed by atoms with Crippen molar-refractivity contribution in [2.75, 3.05) is 0 Å². The number of aryl methyl sites for hydroxylation is 10. The van der Waals surface area contributed by atoms with Crippen molar-refractivity contribution in [1.82, 2.24) is 0 Å². The van der Waals surface area contributed by atoms with Crippen LogP contribution in [-0.4, -0.2) is 11.0 Å². The average Bonchev–Trinajstić information content (AvgIpc) is 3.71. The molecular formula is C53H51FeNO. The zero-order valence-electron chi connectivity index (χ0n) is 34.3. The van der Waals surface area contributed by atoms with Gasteiger partial charge in [-0.15, -0.1) is 0 Å². The molecule has 2 nitrogen and oxygen atoms in total. The van der Waals surface area contributed by atoms with E-state index in [-0.39, 0.29) is 17.1 Å². The summed E-state index contributed by atoms with van der Waals surface area (Å²) in [6, 6.07) is 36.0. The smallest absolute Gasteiger partial charge is 0.252 e. The minimum Gasteiger partial charge on any atom is -0.623 e. The van der Waals surface area contributed by atoms with E-state index >= 15 is 0 Å². The van der Waals surface area contributed by atoms with Gasteiger partial charge in [-0.25, -0.2) is 0 Å². The van der Waals surface area contributed by atoms with Gasteiger partial charge in [0.25, 0.3) is 6.04 Å². The Hall–Kier alpha value is -4.17. The van der Waals surface area contributed by atoms with Crippen molar-refractivity contribution in [2.45, 2.75) is 69.2 Å². The molecule has 5 aromatic rings. The van der Waals surface area contributed by atoms with Crippen LogP contribution < -0.4 is 0 Å². The number of hydrogen-bond acceptors (Lipinski definition) is 1. The van der Waals surface area contributed by atoms with E-state index in [0.29, 0.717) is 0 Å². The second kappa shape index (κ2) is 17.1. The average molecular weight is 774 g/mol. The van der Waals surface area contributed by atoms with Crippen LogP contribution in [0.3, 0.4) is 0 Å². The first-order valence-corrected chi connectivity index (χ1v) is 19.3. The fraction of sp³-hybridized carbons (Fsp3) is 0.189. The molecular weight excluding hydrogens is 722 g/mol. The normalized spacial score (nSPS) is 17.1. The molecule has 0 N–H and O–H groups in total. The van der Waals surface area contributed by atoms with Crippen molar-refractivity contribution >= 4 is 6.21 Å². The van der Waals surface area contributed by atoms with Crippen LogP contribution in [0.5, 0.6) is 0 Å². The second-order valence-electron chi connectivity index (χ2n) is 16.0. The summed E-state index contributed by atoms with van der Waals surface area (Å²) in [7, 11) is 0. The van der Waals surface area contributed by atoms with Gasteiger partial charge >= 0.3 is 0 Å². The van der Waals surface area contributed by atoms with Crippen LogP contribution in [0.1, 0.15) is 83.5 Å². The van der Waals surface area contributed by atoms with Gasteiger partial charge in [0.05, 0.1) is 5.92 Å². The van der Waals surface area contributed by atoms with Crippen molar-refractivity contribution in [3.05, 3.63) is 253 Å². The third kappa shape index (κ3) is 8.86. The molecule has 2 saturated carbocycles. The Morgan fingerprint density at radius 3 is 0.839 bits per heavy atom. The van der Waals surface area contributed by atoms with E-state index in [1.165, 1.54) is 119 Å². The molecule has 0 unspecified atom stereocenters. The summed E-state index contributed by atoms with van der Waals surface area (Å²) < 4.78 is 0.870. The molecule has 2 fully saturated rings. The van der Waals surface area contributed by atoms with Crippen molar-refractivity contribution in [1.29, 1.82) is 0 Å². The van der Waals surface area contributed by atoms with Crippen molar-refractivity contribution in [3.8, 4) is 0 Å². The van der Waals surface area contributed by atoms with Gasteiger partial charge in [0.1, 0.15) is 0 Å². The Kier molecular flexibility index (Phi) is 12.7. The summed E-state index contributed by atoms with van der Waals surface area (Å²) in [5.41, 5.74) is 19.2. The van der Waals surface area contributed by atoms with Gasteiger partial charge in [0, 0.05) is 53.1 Å². The molecule has 0 amide bonds. The number of allylic oxidation sites excluding steroid dienone is 1. The maximum absolute atomic E-state index is 11.0. The summed E-state index contributed by atoms with van der Waals surface area (Å²) in [6.07, 6.45) is 10.8. The Labute approximate surface area is 348 Å². The number of hydrogen-bond donors (Lipinski definition) is 0. The Morgan fingerprint density at radius 2 is 0.607 bits per heavy atom. The van der Waals surface area contributed by atoms with E-state index in [1.54, 1.807) is 6.08 Å². The third-order valence-corrected chi connectivity index (χ3v) is 10.4. The minimum atomic E-state index is 0. The number of fused-ring (bicyclic) bond motifs is 1. The van der Waals surface area contributed by atoms with Gasteiger partial charge in [0.15, 0.2) is 6.21 Å². The number of rotatable bonds is 5. The first kappa shape index (κ1) is 41.5. The predicted octanol–water partition coefficient (Wildman–Crippen LogP) is 12.1. The van der Waals surface area contributed by atoms with Gasteiger partial charge < -0.3 is 5.21 Å². The van der Waals surface area contributed by atoms with E-state index in [2.05, 4.69) is 160 Å². The molecule has 10 radical (unpaired) electrons. The first-order valence-electron chi connectivity index (χ1n) is 19.3. The van der Waals surface area contributed by atoms with Crippen LogP contribution in [0.15, 0.2) is 103 Å². The van der Waals surface area contributed by atoms with E-state index in [4.69, 9.17) is 0 Å². The van der Waals surface area contributed by atoms with Crippen LogP contribution in [0.2, 0.25) is 0 Å². The summed E-state index contributed by atoms with van der Waals surface area (Å²) >= 11 is 0. The van der Waals surface area contributed by atoms with Crippen LogP contribution in [0, 0.1) is 135 Å². The van der Waals surface area contributed by atoms with Crippen molar-refractivity contribution in [3.63, 3.8) is 0 Å². The van der Waals surface area contributed by atoms with Crippen LogP contribution >= 0.6 is 0 Å². The number of nitrogens with zero attached hydrogens (tertiary/aromatic N) is 1. The molecule has 2 aliphatic carbocycles. The van der Waals surface area contributed by atoms with Crippen LogP contribution in [0.4, 0.5) is 0 Å². The number of benzene rings is 5. The maximum Gasteiger partial charge on any atom is 0.252 e. The van der Waals surface area contributed by atoms with Gasteiger partial charge in [-0.1, -0.05) is 153 Å². The minimum absolute atomic E-state index is 0. The first-order chi connectivity index (χ1) is 26.2. The van der Waals surface area contributed by atoms with Gasteiger partial charge in [-0.05, 0) is 116 Å². The van der Waals surface area contributed by atoms with Crippen molar-refractivity contribution in [2.24, 2.45) is 0 Å². The van der Waals surface area contributed by atoms with Gasteiger partial charge in [-0.2, -0.15) is 4.74 Å². The zero-order chi connectivity index (χ0) is 39.1. The van der Waals surface area contributed by atoms with Gasteiger partial charge in [0.2, 0.25) is 0 Å². The van der Waals surface area contributed by atoms with E-state index in [1.807, 2.05) is 25.3 Å². The van der Waals surface area contributed by atoms with Crippen LogP contribution in [0.25, 0.3) is 0 Å². The maximum atomic E-state index is 11.0. The number of hydroxylamine groups is 1. The molecule has 0 saturated heterocycles. The molecule has 3 heteroatoms. The summed E-state index contributed by atoms with van der Waals surface area (Å²) in [6.45, 7) is 22.2. The van der Waals surface area contributed by atoms with E-state index < -0.39 is 0 Å². The molecule has 56 heavy (non-hydrogen) atoms. The topological polar surface area (TPSA) is 26.1 Å². The van der Waals surface area contributed by atoms with E-state index in [9.17, 15) is 5.21 Å². The SMILES string of the molecule is Cc1cc(C)cc([C]2[C](c3cc(C)cc(C)c3)[C](c3cc(C)cc(C)c3)[C](c3cc(C)cc(C)c3)[C]2c2cc(C)cc(C)c2)c1.[Fe].[O-][N+]1=CC=C[C]2[CH][CH][CH][C]21. The fourth-order valence-electron chi connectivity index (χ4n) is 8.73. The third-order valence-electron chi connectivity index (χ3n) is 10.4. The molecule has 1 aliphatic heterocycles. The Bertz CT molecular complexity index is 1850. The zero-order valence-corrected chi connectivity index (χ0v) is 35.4. The Balaban J connectivity index is 0.000000417. The van der Waals surface area contributed by atoms with E-state index in [0.717, 1.165) is 16.7 Å². The Morgan fingerprint density at radius 1 is 0.357 bits per heavy atom. The quantitative estimate of drug-likeness (QED) is 0.0992. The molecule has 0 bridgehead atoms. The standard InChI is InChI=1S/C45H45.C8H6NO.Fe/c1-26-11-27(2)17-36(16-26)41-42(37-18-28(3)12-29(4)19-37)44(39-22-32(7)14-33(8)23-39)45(40-24-34(9)15-35(10)25-40)43(41)38-20-30(5)13-31(6)21-38;10-9-6-2-4-7-3-1-5-8(7)9;/h11-25H,1-10H3;1-6H;. The second-order valence-corrected chi connectivity index (χ2v) is 16.0. The summed E-state index contributed by atoms with van der Waals surface area (Å²) in [4.78, 5) is 0. The summed E-state index contributed by atoms with van der Waals surface area (Å²) in [5.74, 6) is 7.60. The summed E-state index contributed by atoms with van der Waals surface area (Å²) in [5, 5.41) is 11.0. The molecule has 282 valence electrons. The monoisotopic (exact) mass is 773 g/mol. The fourth-order valence-corrected chi connectivity index (χ4v) is 8.73.